The van der Waals surface area contributed by atoms with Gasteiger partial charge in [0.25, 0.3) is 0 Å². The number of thiazole rings is 1. The van der Waals surface area contributed by atoms with E-state index >= 15 is 0 Å². The van der Waals surface area contributed by atoms with Crippen LogP contribution in [0.2, 0.25) is 0 Å². The van der Waals surface area contributed by atoms with E-state index in [4.69, 9.17) is 0 Å². The van der Waals surface area contributed by atoms with Gasteiger partial charge in [0, 0.05) is 12.5 Å². The van der Waals surface area contributed by atoms with E-state index in [0.29, 0.717) is 11.0 Å². The first-order valence-corrected chi connectivity index (χ1v) is 10.6. The first kappa shape index (κ1) is 16.5. The normalized spacial score (nSPS) is 13.5. The van der Waals surface area contributed by atoms with Crippen molar-refractivity contribution in [2.24, 2.45) is 0 Å². The highest BCUT2D eigenvalue weighted by Crippen LogP contribution is 2.27. The third-order valence-corrected chi connectivity index (χ3v) is 7.12. The van der Waals surface area contributed by atoms with E-state index in [2.05, 4.69) is 18.5 Å². The van der Waals surface area contributed by atoms with Crippen LogP contribution >= 0.6 is 23.1 Å². The third kappa shape index (κ3) is 3.15. The molecular weight excluding hydrogens is 376 g/mol. The van der Waals surface area contributed by atoms with Crippen LogP contribution in [0.3, 0.4) is 0 Å². The first-order chi connectivity index (χ1) is 12.0. The second-order valence-electron chi connectivity index (χ2n) is 5.66. The van der Waals surface area contributed by atoms with Crippen molar-refractivity contribution in [3.63, 3.8) is 0 Å². The molecule has 0 bridgehead atoms. The number of benzene rings is 2. The second-order valence-corrected chi connectivity index (χ2v) is 8.99. The fourth-order valence-electron chi connectivity index (χ4n) is 2.50. The van der Waals surface area contributed by atoms with Crippen LogP contribution in [-0.4, -0.2) is 28.7 Å². The number of nitrogens with one attached hydrogen (secondary N) is 1. The SMILES string of the molecule is CC(CNS(=O)(=O)c1cccc2nsnc12)c1nc2ccccc2s1. The third-order valence-electron chi connectivity index (χ3n) is 3.85. The number of rotatable bonds is 5. The number of sulfonamides is 1. The van der Waals surface area contributed by atoms with Crippen LogP contribution in [0, 0.1) is 0 Å². The van der Waals surface area contributed by atoms with Gasteiger partial charge in [-0.1, -0.05) is 25.1 Å². The fourth-order valence-corrected chi connectivity index (χ4v) is 5.41. The maximum Gasteiger partial charge on any atom is 0.242 e. The Hall–Kier alpha value is -1.94. The van der Waals surface area contributed by atoms with Crippen molar-refractivity contribution >= 4 is 54.3 Å². The van der Waals surface area contributed by atoms with E-state index in [1.54, 1.807) is 29.5 Å². The Balaban J connectivity index is 1.56. The average molecular weight is 391 g/mol. The minimum absolute atomic E-state index is 0.0278. The molecule has 0 radical (unpaired) electrons. The number of hydrogen-bond donors (Lipinski definition) is 1. The summed E-state index contributed by atoms with van der Waals surface area (Å²) in [5.41, 5.74) is 1.94. The van der Waals surface area contributed by atoms with Crippen molar-refractivity contribution in [3.05, 3.63) is 47.5 Å². The predicted molar refractivity (Wildman–Crippen MR) is 101 cm³/mol. The minimum atomic E-state index is -3.66. The summed E-state index contributed by atoms with van der Waals surface area (Å²) in [4.78, 5) is 4.75. The van der Waals surface area contributed by atoms with Crippen LogP contribution in [0.25, 0.3) is 21.3 Å². The molecule has 0 aliphatic rings. The molecule has 1 atom stereocenters. The van der Waals surface area contributed by atoms with Crippen LogP contribution in [-0.2, 0) is 10.0 Å². The molecule has 4 aromatic rings. The molecule has 0 amide bonds. The molecule has 0 fully saturated rings. The molecule has 0 aliphatic heterocycles. The molecule has 9 heteroatoms. The molecule has 128 valence electrons. The molecule has 0 saturated carbocycles. The zero-order chi connectivity index (χ0) is 17.4. The zero-order valence-corrected chi connectivity index (χ0v) is 15.7. The van der Waals surface area contributed by atoms with Gasteiger partial charge in [-0.05, 0) is 24.3 Å². The van der Waals surface area contributed by atoms with E-state index in [1.807, 2.05) is 31.2 Å². The van der Waals surface area contributed by atoms with Gasteiger partial charge in [-0.25, -0.2) is 18.1 Å². The monoisotopic (exact) mass is 390 g/mol. The van der Waals surface area contributed by atoms with E-state index in [1.165, 1.54) is 0 Å². The lowest BCUT2D eigenvalue weighted by atomic mass is 10.2. The highest BCUT2D eigenvalue weighted by atomic mass is 32.2. The Morgan fingerprint density at radius 3 is 2.72 bits per heavy atom. The van der Waals surface area contributed by atoms with Crippen LogP contribution in [0.5, 0.6) is 0 Å². The average Bonchev–Trinajstić information content (AvgIpc) is 3.25. The van der Waals surface area contributed by atoms with Gasteiger partial charge >= 0.3 is 0 Å². The lowest BCUT2D eigenvalue weighted by molar-refractivity contribution is 0.575. The summed E-state index contributed by atoms with van der Waals surface area (Å²) in [5.74, 6) is -0.0278. The Morgan fingerprint density at radius 1 is 1.08 bits per heavy atom. The molecule has 2 aromatic heterocycles. The van der Waals surface area contributed by atoms with Crippen molar-refractivity contribution in [1.82, 2.24) is 18.5 Å². The van der Waals surface area contributed by atoms with Gasteiger partial charge in [-0.15, -0.1) is 11.3 Å². The van der Waals surface area contributed by atoms with E-state index in [9.17, 15) is 8.42 Å². The predicted octanol–water partition coefficient (Wildman–Crippen LogP) is 3.38. The summed E-state index contributed by atoms with van der Waals surface area (Å²) in [6.45, 7) is 2.24. The second kappa shape index (κ2) is 6.41. The number of hydrogen-bond acceptors (Lipinski definition) is 7. The molecule has 2 heterocycles. The Bertz CT molecular complexity index is 1120. The highest BCUT2D eigenvalue weighted by Gasteiger charge is 2.21. The lowest BCUT2D eigenvalue weighted by Crippen LogP contribution is -2.27. The van der Waals surface area contributed by atoms with Gasteiger partial charge < -0.3 is 0 Å². The minimum Gasteiger partial charge on any atom is -0.241 e. The van der Waals surface area contributed by atoms with E-state index in [-0.39, 0.29) is 17.4 Å². The number of nitrogens with zero attached hydrogens (tertiary/aromatic N) is 3. The van der Waals surface area contributed by atoms with E-state index < -0.39 is 10.0 Å². The summed E-state index contributed by atoms with van der Waals surface area (Å²) < 4.78 is 37.3. The van der Waals surface area contributed by atoms with Gasteiger partial charge in [0.1, 0.15) is 15.9 Å². The summed E-state index contributed by atoms with van der Waals surface area (Å²) in [5, 5.41) is 0.914. The van der Waals surface area contributed by atoms with Gasteiger partial charge in [-0.2, -0.15) is 8.75 Å². The molecule has 25 heavy (non-hydrogen) atoms. The number of fused-ring (bicyclic) bond motifs is 2. The molecule has 0 saturated heterocycles. The molecule has 1 N–H and O–H groups in total. The summed E-state index contributed by atoms with van der Waals surface area (Å²) in [6, 6.07) is 12.9. The van der Waals surface area contributed by atoms with Crippen LogP contribution in [0.1, 0.15) is 17.8 Å². The van der Waals surface area contributed by atoms with Crippen LogP contribution in [0.4, 0.5) is 0 Å². The Kier molecular flexibility index (Phi) is 4.24. The van der Waals surface area contributed by atoms with Crippen molar-refractivity contribution in [3.8, 4) is 0 Å². The summed E-state index contributed by atoms with van der Waals surface area (Å²) >= 11 is 2.60. The van der Waals surface area contributed by atoms with Crippen molar-refractivity contribution in [1.29, 1.82) is 0 Å². The number of aromatic nitrogens is 3. The molecular formula is C16H14N4O2S3. The Morgan fingerprint density at radius 2 is 1.88 bits per heavy atom. The highest BCUT2D eigenvalue weighted by molar-refractivity contribution is 7.89. The molecule has 0 aliphatic carbocycles. The molecule has 4 rings (SSSR count). The lowest BCUT2D eigenvalue weighted by Gasteiger charge is -2.11. The number of para-hydroxylation sites is 1. The largest absolute Gasteiger partial charge is 0.242 e. The van der Waals surface area contributed by atoms with Gasteiger partial charge in [0.2, 0.25) is 10.0 Å². The topological polar surface area (TPSA) is 84.8 Å². The van der Waals surface area contributed by atoms with E-state index in [0.717, 1.165) is 27.0 Å². The molecule has 2 aromatic carbocycles. The first-order valence-electron chi connectivity index (χ1n) is 7.61. The van der Waals surface area contributed by atoms with Gasteiger partial charge in [0.05, 0.1) is 27.0 Å². The smallest absolute Gasteiger partial charge is 0.241 e. The maximum absolute atomic E-state index is 12.7. The molecule has 1 unspecified atom stereocenters. The molecule has 0 spiro atoms. The van der Waals surface area contributed by atoms with Crippen LogP contribution in [0.15, 0.2) is 47.4 Å². The standard InChI is InChI=1S/C16H14N4O2S3/c1-10(16-18-11-5-2-3-7-13(11)23-16)9-17-25(21,22)14-8-4-6-12-15(14)20-24-19-12/h2-8,10,17H,9H2,1H3. The summed E-state index contributed by atoms with van der Waals surface area (Å²) in [7, 11) is -3.66. The fraction of sp³-hybridized carbons (Fsp3) is 0.188. The van der Waals surface area contributed by atoms with Gasteiger partial charge in [-0.3, -0.25) is 0 Å². The quantitative estimate of drug-likeness (QED) is 0.565. The zero-order valence-electron chi connectivity index (χ0n) is 13.2. The van der Waals surface area contributed by atoms with Crippen molar-refractivity contribution < 1.29 is 8.42 Å². The van der Waals surface area contributed by atoms with Crippen LogP contribution < -0.4 is 4.72 Å². The molecule has 6 nitrogen and oxygen atoms in total. The van der Waals surface area contributed by atoms with Crippen molar-refractivity contribution in [2.45, 2.75) is 17.7 Å². The van der Waals surface area contributed by atoms with Crippen molar-refractivity contribution in [2.75, 3.05) is 6.54 Å². The maximum atomic E-state index is 12.7. The summed E-state index contributed by atoms with van der Waals surface area (Å²) in [6.07, 6.45) is 0. The van der Waals surface area contributed by atoms with Gasteiger partial charge in [0.15, 0.2) is 0 Å². The Labute approximate surface area is 152 Å².